The topological polar surface area (TPSA) is 278 Å². The molecule has 21 rings (SSSR count). The molecule has 0 saturated carbocycles. The van der Waals surface area contributed by atoms with Crippen molar-refractivity contribution < 1.29 is 86.2 Å². The largest absolute Gasteiger partial charge is 0.0622 e. The van der Waals surface area contributed by atoms with Crippen molar-refractivity contribution >= 4 is 217 Å². The number of aryl methyl sites for hydroxylation is 9. The van der Waals surface area contributed by atoms with Crippen LogP contribution in [0.15, 0.2) is 347 Å². The van der Waals surface area contributed by atoms with E-state index in [1.165, 1.54) is 66.7 Å². The maximum absolute atomic E-state index is 13.1. The second-order valence-corrected chi connectivity index (χ2v) is 48.7. The van der Waals surface area contributed by atoms with Crippen LogP contribution in [0.1, 0.15) is 74.3 Å². The molecule has 0 spiro atoms. The van der Waals surface area contributed by atoms with E-state index in [0.717, 1.165) is 65.3 Å². The fourth-order valence-corrected chi connectivity index (χ4v) is 22.2. The molecule has 29 heteroatoms. The molecule has 7 aromatic heterocycles. The van der Waals surface area contributed by atoms with Crippen LogP contribution in [0.2, 0.25) is 0 Å². The van der Waals surface area contributed by atoms with Crippen LogP contribution < -0.4 is 72.5 Å². The zero-order valence-electron chi connectivity index (χ0n) is 84.8. The molecule has 0 aliphatic carbocycles. The van der Waals surface area contributed by atoms with Gasteiger partial charge in [0.15, 0.2) is 56.0 Å². The summed E-state index contributed by atoms with van der Waals surface area (Å²) >= 11 is 11.3. The Balaban J connectivity index is 0.000000148. The Morgan fingerprint density at radius 1 is 0.327 bits per heavy atom. The fraction of sp³-hybridized carbons (Fsp3) is 0.140. The van der Waals surface area contributed by atoms with Crippen LogP contribution in [0.5, 0.6) is 46.0 Å². The molecule has 0 amide bonds. The standard InChI is InChI=1S/2C22H20O4.C20H19IO4.C18H12O7.2C18H15P.C3H4.BBr3.2ClH.Pd/c2*1-11-6-7-15(8-12(11)2)21-14(4)20(23)19-18(26-21)10-17(24-5)16-9-13(3)25-22(16)19;1-10-6-7-13(8-11(10)2)19-12(3)18(22)16-14(25-19)9-15(23-4)17(21)20(16)24-5;1-7-4-9-11(20)6-13-14(18(9)24-7)15(22)16(23)17(25-13)8-2-3-10(19)12(21)5-8;2*1-4-10-16(11-5-1)19(17-12-6-2-7-13-17)18-14-8-3-9-15-18;1-3-2;2-1(3)4;;;/h2*6-10H,1-5H3;6-9H,1-5H3;2-6,19-21,23H,1H3;2*1-15H;1H,2H3;;2*1H;/q;;;;;;;;;;+2/p-2. The molecule has 14 aromatic carbocycles. The molecule has 0 atom stereocenters. The second kappa shape index (κ2) is 52.5. The summed E-state index contributed by atoms with van der Waals surface area (Å²) < 4.78 is 64.0. The Labute approximate surface area is 925 Å². The monoisotopic (exact) mass is 2470 g/mol. The molecule has 21 aromatic rings. The Morgan fingerprint density at radius 2 is 0.593 bits per heavy atom. The van der Waals surface area contributed by atoms with Gasteiger partial charge in [-0.25, -0.2) is 0 Å². The van der Waals surface area contributed by atoms with E-state index >= 15 is 0 Å². The SMILES string of the molecule is BrB(Br)Br.C#CC.COc1cc2oc(-c3ccc(C)c(C)c3)c(C)c(=O)c2c(OC)c1I.COc1cc2oc(-c3ccc(C)c(C)c3)c(C)c(=O)c2c2oc(C)cc12.COc1cc2oc(-c3ccc(C)c(C)c3)c(C)c(=O)c2c2oc(C)cc12.Cc1cc2c(O)cc3oc(-c4ccc(O)c(O)c4)c(O)c(=O)c3c2o1.[Cl][Pd][Cl].c1ccc(P(c2ccccc2)c2ccccc2)cc1.c1ccc(P(c2ccccc2)c2ccccc2)cc1. The Morgan fingerprint density at radius 3 is 0.900 bits per heavy atom. The van der Waals surface area contributed by atoms with E-state index in [2.05, 4.69) is 285 Å². The van der Waals surface area contributed by atoms with E-state index in [0.29, 0.717) is 112 Å². The molecule has 0 aliphatic heterocycles. The molecule has 0 unspecified atom stereocenters. The summed E-state index contributed by atoms with van der Waals surface area (Å²) in [7, 11) is 15.1. The molecule has 0 aliphatic rings. The van der Waals surface area contributed by atoms with Crippen LogP contribution in [-0.2, 0) is 15.9 Å². The first-order chi connectivity index (χ1) is 72.0. The van der Waals surface area contributed by atoms with E-state index in [4.69, 9.17) is 68.9 Å². The van der Waals surface area contributed by atoms with Crippen LogP contribution in [0.3, 0.4) is 0 Å². The Bertz CT molecular complexity index is 8220. The van der Waals surface area contributed by atoms with Crippen molar-refractivity contribution in [2.75, 3.05) is 28.4 Å². The molecule has 768 valence electrons. The quantitative estimate of drug-likeness (QED) is 0.0259. The van der Waals surface area contributed by atoms with E-state index in [1.54, 1.807) is 87.3 Å². The number of fused-ring (bicyclic) bond motifs is 10. The van der Waals surface area contributed by atoms with Gasteiger partial charge in [-0.2, -0.15) is 0 Å². The van der Waals surface area contributed by atoms with Crippen LogP contribution in [0.4, 0.5) is 0 Å². The van der Waals surface area contributed by atoms with Gasteiger partial charge in [-0.3, -0.25) is 19.2 Å². The fourth-order valence-electron chi connectivity index (χ4n) is 16.8. The Hall–Kier alpha value is -13.2. The van der Waals surface area contributed by atoms with Crippen molar-refractivity contribution in [1.29, 1.82) is 0 Å². The van der Waals surface area contributed by atoms with Gasteiger partial charge in [0, 0.05) is 63.2 Å². The van der Waals surface area contributed by atoms with Crippen LogP contribution in [-0.4, -0.2) is 52.1 Å². The predicted octanol–water partition coefficient (Wildman–Crippen LogP) is 30.3. The van der Waals surface area contributed by atoms with Crippen LogP contribution in [0.25, 0.3) is 122 Å². The average Bonchev–Trinajstić information content (AvgIpc) is 1.48. The number of halogens is 6. The molecule has 0 saturated heterocycles. The number of rotatable bonds is 14. The van der Waals surface area contributed by atoms with Crippen molar-refractivity contribution in [3.05, 3.63) is 409 Å². The van der Waals surface area contributed by atoms with E-state index < -0.39 is 32.8 Å². The number of methoxy groups -OCH3 is 4. The summed E-state index contributed by atoms with van der Waals surface area (Å²) in [6, 6.07) is 98.4. The van der Waals surface area contributed by atoms with Crippen LogP contribution >= 0.6 is 105 Å². The van der Waals surface area contributed by atoms with Crippen molar-refractivity contribution in [2.45, 2.75) is 90.0 Å². The first kappa shape index (κ1) is 114. The number of aromatic hydroxyl groups is 4. The minimum Gasteiger partial charge on any atom is -0.0622 e. The van der Waals surface area contributed by atoms with Gasteiger partial charge in [-0.05, 0) is 248 Å². The van der Waals surface area contributed by atoms with Gasteiger partial charge in [-0.15, -0.1) is 59.6 Å². The second-order valence-electron chi connectivity index (χ2n) is 34.4. The number of phenolic OH excluding ortho intramolecular Hbond substituents is 3. The van der Waals surface area contributed by atoms with E-state index in [-0.39, 0.29) is 74.8 Å². The molecule has 7 heterocycles. The summed E-state index contributed by atoms with van der Waals surface area (Å²) in [6.45, 7) is 24.7. The molecule has 0 bridgehead atoms. The number of hydrogen-bond acceptors (Lipinski definition) is 19. The summed E-state index contributed by atoms with van der Waals surface area (Å²) in [5.41, 5.74) is 13.2. The summed E-state index contributed by atoms with van der Waals surface area (Å²) in [5, 5.41) is 51.1. The summed E-state index contributed by atoms with van der Waals surface area (Å²) in [4.78, 5) is 51.9. The number of hydrogen-bond donors (Lipinski definition) is 4. The first-order valence-corrected chi connectivity index (χ1v) is 57.2. The minimum absolute atomic E-state index is 0.00477. The number of phenols is 3. The number of benzene rings is 14. The van der Waals surface area contributed by atoms with Gasteiger partial charge in [0.25, 0.3) is 0 Å². The van der Waals surface area contributed by atoms with Gasteiger partial charge < -0.3 is 70.3 Å². The van der Waals surface area contributed by atoms with Crippen molar-refractivity contribution in [3.8, 4) is 104 Å². The zero-order valence-corrected chi connectivity index (χ0v) is 96.6. The van der Waals surface area contributed by atoms with E-state index in [1.807, 2.05) is 101 Å². The number of ether oxygens (including phenoxy) is 4. The molecule has 0 radical (unpaired) electrons. The summed E-state index contributed by atoms with van der Waals surface area (Å²) in [5.74, 6) is 6.49. The zero-order chi connectivity index (χ0) is 108. The molecular formula is C121H105BBr3Cl2IO19P2Pd. The molecule has 19 nitrogen and oxygen atoms in total. The van der Waals surface area contributed by atoms with Gasteiger partial charge in [0.05, 0.1) is 48.2 Å². The maximum atomic E-state index is 13.1. The predicted molar refractivity (Wildman–Crippen MR) is 632 cm³/mol. The van der Waals surface area contributed by atoms with Gasteiger partial charge in [0.1, 0.15) is 101 Å². The minimum atomic E-state index is -0.733. The molecule has 0 fully saturated rings. The van der Waals surface area contributed by atoms with Gasteiger partial charge in [0.2, 0.25) is 11.2 Å². The average molecular weight is 2480 g/mol. The summed E-state index contributed by atoms with van der Waals surface area (Å²) in [6.07, 6.45) is 4.60. The first-order valence-electron chi connectivity index (χ1n) is 46.7. The number of terminal acetylenes is 1. The number of furan rings is 3. The van der Waals surface area contributed by atoms with Crippen molar-refractivity contribution in [3.63, 3.8) is 0 Å². The van der Waals surface area contributed by atoms with Gasteiger partial charge in [-0.1, -0.05) is 218 Å². The molecular weight excluding hydrogens is 2370 g/mol. The third-order valence-electron chi connectivity index (χ3n) is 24.5. The van der Waals surface area contributed by atoms with Crippen LogP contribution in [0, 0.1) is 99.0 Å². The third-order valence-corrected chi connectivity index (χ3v) is 30.4. The normalized spacial score (nSPS) is 10.7. The smallest absolute Gasteiger partial charge is 0.0134 e. The third kappa shape index (κ3) is 26.3. The van der Waals surface area contributed by atoms with Crippen molar-refractivity contribution in [1.82, 2.24) is 0 Å². The van der Waals surface area contributed by atoms with E-state index in [9.17, 15) is 39.6 Å². The van der Waals surface area contributed by atoms with Crippen molar-refractivity contribution in [2.24, 2.45) is 0 Å². The molecule has 150 heavy (non-hydrogen) atoms. The Kier molecular flexibility index (Phi) is 39.9. The van der Waals surface area contributed by atoms with Gasteiger partial charge >= 0.3 is 38.2 Å². The maximum Gasteiger partial charge on any atom is -0.0134 e. The molecule has 4 N–H and O–H groups in total.